The van der Waals surface area contributed by atoms with Gasteiger partial charge in [0.1, 0.15) is 15.4 Å². The van der Waals surface area contributed by atoms with E-state index >= 15 is 0 Å². The monoisotopic (exact) mass is 576 g/mol. The van der Waals surface area contributed by atoms with Crippen LogP contribution in [0.15, 0.2) is 36.8 Å². The second-order valence-corrected chi connectivity index (χ2v) is 10.4. The molecule has 0 unspecified atom stereocenters. The van der Waals surface area contributed by atoms with E-state index in [-0.39, 0.29) is 21.1 Å². The Hall–Kier alpha value is -5.05. The molecular weight excluding hydrogens is 554 g/mol. The van der Waals surface area contributed by atoms with E-state index in [1.807, 2.05) is 14.0 Å². The number of hydrogen-bond donors (Lipinski definition) is 2. The number of nitrogens with one attached hydrogen (secondary N) is 1. The van der Waals surface area contributed by atoms with Gasteiger partial charge in [-0.15, -0.1) is 11.3 Å². The Morgan fingerprint density at radius 3 is 2.32 bits per heavy atom. The summed E-state index contributed by atoms with van der Waals surface area (Å²) in [6.07, 6.45) is 1.97. The Morgan fingerprint density at radius 1 is 1.02 bits per heavy atom. The van der Waals surface area contributed by atoms with Crippen molar-refractivity contribution in [2.24, 2.45) is 19.8 Å². The Balaban J connectivity index is 1.50. The van der Waals surface area contributed by atoms with E-state index in [1.54, 1.807) is 41.8 Å². The zero-order valence-electron chi connectivity index (χ0n) is 22.2. The highest BCUT2D eigenvalue weighted by atomic mass is 32.1. The van der Waals surface area contributed by atoms with Crippen molar-refractivity contribution >= 4 is 44.7 Å². The van der Waals surface area contributed by atoms with E-state index in [9.17, 15) is 18.4 Å². The summed E-state index contributed by atoms with van der Waals surface area (Å²) >= 11 is 0.823. The van der Waals surface area contributed by atoms with Crippen LogP contribution in [0, 0.1) is 13.8 Å². The van der Waals surface area contributed by atoms with Crippen molar-refractivity contribution in [2.45, 2.75) is 20.3 Å². The van der Waals surface area contributed by atoms with Gasteiger partial charge in [0.25, 0.3) is 18.2 Å². The van der Waals surface area contributed by atoms with Gasteiger partial charge in [-0.1, -0.05) is 0 Å². The third-order valence-corrected chi connectivity index (χ3v) is 8.09. The molecule has 0 aromatic carbocycles. The Morgan fingerprint density at radius 2 is 1.71 bits per heavy atom. The molecule has 6 heterocycles. The molecule has 0 atom stereocenters. The number of nitrogens with two attached hydrogens (primary N) is 1. The minimum atomic E-state index is -2.87. The maximum Gasteiger partial charge on any atom is 0.280 e. The van der Waals surface area contributed by atoms with Crippen LogP contribution in [-0.4, -0.2) is 51.0 Å². The van der Waals surface area contributed by atoms with Crippen LogP contribution in [0.4, 0.5) is 14.5 Å². The molecule has 0 bridgehead atoms. The normalized spacial score (nSPS) is 11.7. The zero-order chi connectivity index (χ0) is 29.2. The lowest BCUT2D eigenvalue weighted by molar-refractivity contribution is 0.100. The summed E-state index contributed by atoms with van der Waals surface area (Å²) in [5, 5.41) is 16.0. The molecule has 0 aliphatic rings. The van der Waals surface area contributed by atoms with Crippen LogP contribution in [0.1, 0.15) is 43.7 Å². The number of pyridine rings is 1. The number of carbonyl (C=O) groups is 2. The number of nitrogens with zero attached hydrogens (tertiary/aromatic N) is 8. The molecule has 208 valence electrons. The maximum absolute atomic E-state index is 13.8. The van der Waals surface area contributed by atoms with Crippen LogP contribution in [0.3, 0.4) is 0 Å². The molecule has 0 spiro atoms. The number of thiophene rings is 1. The predicted octanol–water partition coefficient (Wildman–Crippen LogP) is 4.05. The third kappa shape index (κ3) is 4.21. The topological polar surface area (TPSA) is 151 Å². The lowest BCUT2D eigenvalue weighted by Crippen LogP contribution is -2.17. The highest BCUT2D eigenvalue weighted by Crippen LogP contribution is 2.43. The van der Waals surface area contributed by atoms with Gasteiger partial charge in [0, 0.05) is 54.3 Å². The van der Waals surface area contributed by atoms with Crippen LogP contribution in [0.5, 0.6) is 0 Å². The fourth-order valence-electron chi connectivity index (χ4n) is 4.64. The average Bonchev–Trinajstić information content (AvgIpc) is 3.70. The number of primary amides is 1. The Bertz CT molecular complexity index is 2020. The number of aryl methyl sites for hydroxylation is 2. The van der Waals surface area contributed by atoms with Gasteiger partial charge in [0.05, 0.1) is 23.8 Å². The van der Waals surface area contributed by atoms with Gasteiger partial charge in [0.2, 0.25) is 0 Å². The first kappa shape index (κ1) is 26.2. The molecule has 41 heavy (non-hydrogen) atoms. The smallest absolute Gasteiger partial charge is 0.280 e. The van der Waals surface area contributed by atoms with Gasteiger partial charge in [-0.2, -0.15) is 15.3 Å². The van der Waals surface area contributed by atoms with Gasteiger partial charge >= 0.3 is 0 Å². The molecule has 0 radical (unpaired) electrons. The van der Waals surface area contributed by atoms with Crippen molar-refractivity contribution in [1.29, 1.82) is 0 Å². The number of aromatic nitrogens is 8. The van der Waals surface area contributed by atoms with Crippen LogP contribution in [-0.2, 0) is 14.1 Å². The van der Waals surface area contributed by atoms with E-state index in [0.29, 0.717) is 33.5 Å². The number of carbonyl (C=O) groups excluding carboxylic acids is 2. The number of fused-ring (bicyclic) bond motifs is 2. The number of alkyl halides is 2. The van der Waals surface area contributed by atoms with Gasteiger partial charge in [0.15, 0.2) is 11.3 Å². The number of anilines is 1. The summed E-state index contributed by atoms with van der Waals surface area (Å²) < 4.78 is 32.5. The SMILES string of the molecule is Cc1c(-c2cc(C(F)F)nc3sc(C(N)=O)c(NC(=O)c4cc5nccc(-c6cnn(C)c6C)n5n4)c23)cnn1C. The van der Waals surface area contributed by atoms with Gasteiger partial charge in [-0.25, -0.2) is 23.3 Å². The minimum Gasteiger partial charge on any atom is -0.365 e. The van der Waals surface area contributed by atoms with Crippen molar-refractivity contribution < 1.29 is 18.4 Å². The molecule has 0 aliphatic heterocycles. The van der Waals surface area contributed by atoms with E-state index < -0.39 is 23.9 Å². The van der Waals surface area contributed by atoms with Gasteiger partial charge < -0.3 is 11.1 Å². The lowest BCUT2D eigenvalue weighted by atomic mass is 10.0. The molecule has 0 fully saturated rings. The molecule has 3 N–H and O–H groups in total. The highest BCUT2D eigenvalue weighted by Gasteiger charge is 2.27. The van der Waals surface area contributed by atoms with Gasteiger partial charge in [-0.3, -0.25) is 19.0 Å². The van der Waals surface area contributed by atoms with Crippen molar-refractivity contribution in [3.05, 3.63) is 64.4 Å². The van der Waals surface area contributed by atoms with Crippen molar-refractivity contribution in [3.63, 3.8) is 0 Å². The largest absolute Gasteiger partial charge is 0.365 e. The van der Waals surface area contributed by atoms with Crippen LogP contribution in [0.2, 0.25) is 0 Å². The summed E-state index contributed by atoms with van der Waals surface area (Å²) in [5.41, 5.74) is 9.62. The molecule has 12 nitrogen and oxygen atoms in total. The summed E-state index contributed by atoms with van der Waals surface area (Å²) in [6, 6.07) is 4.50. The fourth-order valence-corrected chi connectivity index (χ4v) is 5.65. The molecule has 15 heteroatoms. The highest BCUT2D eigenvalue weighted by molar-refractivity contribution is 7.21. The summed E-state index contributed by atoms with van der Waals surface area (Å²) in [7, 11) is 3.54. The predicted molar refractivity (Wildman–Crippen MR) is 148 cm³/mol. The first-order valence-electron chi connectivity index (χ1n) is 12.2. The quantitative estimate of drug-likeness (QED) is 0.304. The summed E-state index contributed by atoms with van der Waals surface area (Å²) in [6.45, 7) is 3.69. The minimum absolute atomic E-state index is 0.0116. The second kappa shape index (κ2) is 9.55. The van der Waals surface area contributed by atoms with Crippen LogP contribution < -0.4 is 11.1 Å². The van der Waals surface area contributed by atoms with E-state index in [2.05, 4.69) is 30.6 Å². The van der Waals surface area contributed by atoms with Crippen LogP contribution in [0.25, 0.3) is 38.2 Å². The Labute approximate surface area is 234 Å². The van der Waals surface area contributed by atoms with E-state index in [4.69, 9.17) is 5.73 Å². The number of hydrogen-bond acceptors (Lipinski definition) is 8. The molecular formula is C26H22F2N10O2S. The molecule has 0 aliphatic carbocycles. The first-order valence-corrected chi connectivity index (χ1v) is 13.1. The zero-order valence-corrected chi connectivity index (χ0v) is 23.0. The van der Waals surface area contributed by atoms with Gasteiger partial charge in [-0.05, 0) is 31.5 Å². The fraction of sp³-hybridized carbons (Fsp3) is 0.192. The van der Waals surface area contributed by atoms with Crippen molar-refractivity contribution in [2.75, 3.05) is 5.32 Å². The van der Waals surface area contributed by atoms with E-state index in [0.717, 1.165) is 22.6 Å². The van der Waals surface area contributed by atoms with Crippen molar-refractivity contribution in [3.8, 4) is 22.4 Å². The molecule has 6 rings (SSSR count). The second-order valence-electron chi connectivity index (χ2n) is 9.36. The molecule has 0 saturated heterocycles. The summed E-state index contributed by atoms with van der Waals surface area (Å²) in [5.74, 6) is -1.50. The van der Waals surface area contributed by atoms with Crippen LogP contribution >= 0.6 is 11.3 Å². The number of amides is 2. The molecule has 6 aromatic rings. The third-order valence-electron chi connectivity index (χ3n) is 6.99. The lowest BCUT2D eigenvalue weighted by Gasteiger charge is -2.10. The first-order chi connectivity index (χ1) is 19.5. The number of halogens is 2. The average molecular weight is 577 g/mol. The van der Waals surface area contributed by atoms with E-state index in [1.165, 1.54) is 22.8 Å². The summed E-state index contributed by atoms with van der Waals surface area (Å²) in [4.78, 5) is 34.5. The Kier molecular flexibility index (Phi) is 6.10. The van der Waals surface area contributed by atoms with Crippen molar-refractivity contribution in [1.82, 2.24) is 39.1 Å². The standard InChI is InChI=1S/C26H22F2N10O2S/c1-11-14(9-31-36(11)3)13-7-16(23(27)28)33-26-20(13)21(22(41-26)24(29)39)34-25(40)17-8-19-30-6-5-18(38(19)35-17)15-10-32-37(4)12(15)2/h5-10,23H,1-4H3,(H2,29,39)(H,34,40). The molecule has 0 saturated carbocycles. The number of rotatable bonds is 6. The molecule has 6 aromatic heterocycles. The molecule has 2 amide bonds. The maximum atomic E-state index is 13.8.